The fourth-order valence-corrected chi connectivity index (χ4v) is 3.50. The molecule has 0 unspecified atom stereocenters. The molecule has 120 valence electrons. The molecule has 1 heterocycles. The van der Waals surface area contributed by atoms with Crippen LogP contribution in [0.4, 0.5) is 4.79 Å². The zero-order valence-corrected chi connectivity index (χ0v) is 13.2. The van der Waals surface area contributed by atoms with Crippen LogP contribution in [0.2, 0.25) is 0 Å². The van der Waals surface area contributed by atoms with Crippen molar-refractivity contribution in [3.8, 4) is 5.75 Å². The maximum absolute atomic E-state index is 12.2. The fourth-order valence-electron chi connectivity index (χ4n) is 3.50. The van der Waals surface area contributed by atoms with Crippen molar-refractivity contribution in [2.75, 3.05) is 7.11 Å². The minimum Gasteiger partial charge on any atom is -0.495 e. The van der Waals surface area contributed by atoms with Crippen LogP contribution in [0, 0.1) is 5.92 Å². The van der Waals surface area contributed by atoms with Gasteiger partial charge in [-0.25, -0.2) is 4.79 Å². The average molecular weight is 303 g/mol. The molecule has 0 radical (unpaired) electrons. The van der Waals surface area contributed by atoms with E-state index in [4.69, 9.17) is 4.74 Å². The SMILES string of the molecule is COc1ccc(CNC(=O)NC2(C3CCCCC3)CC2)nc1. The van der Waals surface area contributed by atoms with Crippen molar-refractivity contribution in [1.82, 2.24) is 15.6 Å². The van der Waals surface area contributed by atoms with Crippen molar-refractivity contribution in [2.45, 2.75) is 57.0 Å². The van der Waals surface area contributed by atoms with Crippen LogP contribution < -0.4 is 15.4 Å². The number of pyridine rings is 1. The summed E-state index contributed by atoms with van der Waals surface area (Å²) in [5.41, 5.74) is 0.913. The summed E-state index contributed by atoms with van der Waals surface area (Å²) in [6.45, 7) is 0.441. The normalized spacial score (nSPS) is 20.2. The lowest BCUT2D eigenvalue weighted by Gasteiger charge is -2.31. The molecule has 5 heteroatoms. The van der Waals surface area contributed by atoms with Crippen LogP contribution in [0.3, 0.4) is 0 Å². The van der Waals surface area contributed by atoms with Gasteiger partial charge in [0.25, 0.3) is 0 Å². The third-order valence-electron chi connectivity index (χ3n) is 5.00. The van der Waals surface area contributed by atoms with Gasteiger partial charge in [0.1, 0.15) is 5.75 Å². The molecule has 2 saturated carbocycles. The first-order valence-corrected chi connectivity index (χ1v) is 8.27. The summed E-state index contributed by atoms with van der Waals surface area (Å²) in [6, 6.07) is 3.65. The maximum Gasteiger partial charge on any atom is 0.315 e. The van der Waals surface area contributed by atoms with E-state index in [1.807, 2.05) is 12.1 Å². The van der Waals surface area contributed by atoms with Crippen LogP contribution in [0.15, 0.2) is 18.3 Å². The lowest BCUT2D eigenvalue weighted by Crippen LogP contribution is -2.47. The monoisotopic (exact) mass is 303 g/mol. The third-order valence-corrected chi connectivity index (χ3v) is 5.00. The molecule has 1 aromatic rings. The summed E-state index contributed by atoms with van der Waals surface area (Å²) < 4.78 is 5.07. The fraction of sp³-hybridized carbons (Fsp3) is 0.647. The van der Waals surface area contributed by atoms with Crippen LogP contribution in [0.5, 0.6) is 5.75 Å². The van der Waals surface area contributed by atoms with Crippen LogP contribution in [-0.2, 0) is 6.54 Å². The van der Waals surface area contributed by atoms with E-state index in [2.05, 4.69) is 15.6 Å². The van der Waals surface area contributed by atoms with Crippen molar-refractivity contribution >= 4 is 6.03 Å². The maximum atomic E-state index is 12.2. The molecule has 2 N–H and O–H groups in total. The lowest BCUT2D eigenvalue weighted by molar-refractivity contribution is 0.214. The Kier molecular flexibility index (Phi) is 4.50. The third kappa shape index (κ3) is 3.51. The van der Waals surface area contributed by atoms with Gasteiger partial charge in [-0.15, -0.1) is 0 Å². The number of nitrogens with zero attached hydrogens (tertiary/aromatic N) is 1. The number of nitrogens with one attached hydrogen (secondary N) is 2. The number of amides is 2. The minimum absolute atomic E-state index is 0.0688. The quantitative estimate of drug-likeness (QED) is 0.879. The van der Waals surface area contributed by atoms with Gasteiger partial charge in [-0.05, 0) is 43.7 Å². The van der Waals surface area contributed by atoms with E-state index >= 15 is 0 Å². The van der Waals surface area contributed by atoms with Crippen molar-refractivity contribution in [1.29, 1.82) is 0 Å². The minimum atomic E-state index is -0.0688. The van der Waals surface area contributed by atoms with Gasteiger partial charge in [-0.1, -0.05) is 19.3 Å². The Morgan fingerprint density at radius 3 is 2.68 bits per heavy atom. The first-order chi connectivity index (χ1) is 10.7. The van der Waals surface area contributed by atoms with Gasteiger partial charge in [0.15, 0.2) is 0 Å². The Bertz CT molecular complexity index is 505. The highest BCUT2D eigenvalue weighted by molar-refractivity contribution is 5.75. The van der Waals surface area contributed by atoms with E-state index in [1.165, 1.54) is 32.1 Å². The van der Waals surface area contributed by atoms with Crippen LogP contribution in [0.1, 0.15) is 50.6 Å². The molecule has 0 spiro atoms. The van der Waals surface area contributed by atoms with E-state index in [0.717, 1.165) is 24.3 Å². The van der Waals surface area contributed by atoms with E-state index in [0.29, 0.717) is 12.5 Å². The number of hydrogen-bond donors (Lipinski definition) is 2. The van der Waals surface area contributed by atoms with Crippen molar-refractivity contribution < 1.29 is 9.53 Å². The molecule has 22 heavy (non-hydrogen) atoms. The first kappa shape index (κ1) is 15.1. The standard InChI is InChI=1S/C17H25N3O2/c1-22-15-8-7-14(18-12-15)11-19-16(21)20-17(9-10-17)13-5-3-2-4-6-13/h7-8,12-13H,2-6,9-11H2,1H3,(H2,19,20,21). The van der Waals surface area contributed by atoms with E-state index < -0.39 is 0 Å². The Morgan fingerprint density at radius 2 is 2.09 bits per heavy atom. The summed E-state index contributed by atoms with van der Waals surface area (Å²) in [7, 11) is 1.61. The molecule has 0 aliphatic heterocycles. The summed E-state index contributed by atoms with van der Waals surface area (Å²) in [5, 5.41) is 6.15. The highest BCUT2D eigenvalue weighted by Crippen LogP contribution is 2.48. The molecule has 0 atom stereocenters. The van der Waals surface area contributed by atoms with Gasteiger partial charge in [-0.3, -0.25) is 4.98 Å². The molecule has 2 aliphatic rings. The molecule has 0 aromatic carbocycles. The zero-order valence-electron chi connectivity index (χ0n) is 13.2. The topological polar surface area (TPSA) is 63.2 Å². The van der Waals surface area contributed by atoms with Crippen LogP contribution >= 0.6 is 0 Å². The molecule has 2 aliphatic carbocycles. The zero-order chi connectivity index (χ0) is 15.4. The Balaban J connectivity index is 1.47. The molecule has 1 aromatic heterocycles. The van der Waals surface area contributed by atoms with Gasteiger partial charge < -0.3 is 15.4 Å². The predicted molar refractivity (Wildman–Crippen MR) is 84.7 cm³/mol. The molecule has 2 amide bonds. The highest BCUT2D eigenvalue weighted by atomic mass is 16.5. The number of urea groups is 1. The second kappa shape index (κ2) is 6.55. The summed E-state index contributed by atoms with van der Waals surface area (Å²) in [6.07, 6.45) is 10.4. The molecule has 0 bridgehead atoms. The first-order valence-electron chi connectivity index (χ1n) is 8.27. The summed E-state index contributed by atoms with van der Waals surface area (Å²) >= 11 is 0. The Labute approximate surface area is 131 Å². The van der Waals surface area contributed by atoms with Crippen molar-refractivity contribution in [2.24, 2.45) is 5.92 Å². The van der Waals surface area contributed by atoms with Gasteiger partial charge in [-0.2, -0.15) is 0 Å². The molecular formula is C17H25N3O2. The molecule has 5 nitrogen and oxygen atoms in total. The predicted octanol–water partition coefficient (Wildman–Crippen LogP) is 3.00. The number of carbonyl (C=O) groups excluding carboxylic acids is 1. The van der Waals surface area contributed by atoms with Crippen molar-refractivity contribution in [3.63, 3.8) is 0 Å². The second-order valence-corrected chi connectivity index (χ2v) is 6.49. The Hall–Kier alpha value is -1.78. The van der Waals surface area contributed by atoms with Crippen LogP contribution in [0.25, 0.3) is 0 Å². The smallest absolute Gasteiger partial charge is 0.315 e. The number of hydrogen-bond acceptors (Lipinski definition) is 3. The highest BCUT2D eigenvalue weighted by Gasteiger charge is 2.50. The van der Waals surface area contributed by atoms with Crippen molar-refractivity contribution in [3.05, 3.63) is 24.0 Å². The van der Waals surface area contributed by atoms with Gasteiger partial charge in [0.2, 0.25) is 0 Å². The Morgan fingerprint density at radius 1 is 1.32 bits per heavy atom. The second-order valence-electron chi connectivity index (χ2n) is 6.49. The molecule has 0 saturated heterocycles. The average Bonchev–Trinajstić information content (AvgIpc) is 3.35. The number of carbonyl (C=O) groups is 1. The molecule has 3 rings (SSSR count). The van der Waals surface area contributed by atoms with Crippen LogP contribution in [-0.4, -0.2) is 23.7 Å². The summed E-state index contributed by atoms with van der Waals surface area (Å²) in [4.78, 5) is 16.4. The molecule has 2 fully saturated rings. The van der Waals surface area contributed by atoms with E-state index in [-0.39, 0.29) is 11.6 Å². The summed E-state index contributed by atoms with van der Waals surface area (Å²) in [5.74, 6) is 1.40. The number of aromatic nitrogens is 1. The van der Waals surface area contributed by atoms with E-state index in [1.54, 1.807) is 13.3 Å². The van der Waals surface area contributed by atoms with E-state index in [9.17, 15) is 4.79 Å². The largest absolute Gasteiger partial charge is 0.495 e. The number of rotatable bonds is 5. The number of ether oxygens (including phenoxy) is 1. The van der Waals surface area contributed by atoms with Gasteiger partial charge in [0, 0.05) is 5.54 Å². The lowest BCUT2D eigenvalue weighted by atomic mass is 9.82. The number of methoxy groups -OCH3 is 1. The molecular weight excluding hydrogens is 278 g/mol. The van der Waals surface area contributed by atoms with Gasteiger partial charge in [0.05, 0.1) is 25.5 Å². The van der Waals surface area contributed by atoms with Gasteiger partial charge >= 0.3 is 6.03 Å².